The van der Waals surface area contributed by atoms with Gasteiger partial charge in [-0.15, -0.1) is 12.6 Å². The molecule has 0 fully saturated rings. The van der Waals surface area contributed by atoms with Gasteiger partial charge in [0.25, 0.3) is 0 Å². The van der Waals surface area contributed by atoms with Crippen molar-refractivity contribution in [2.24, 2.45) is 0 Å². The van der Waals surface area contributed by atoms with Crippen molar-refractivity contribution in [3.8, 4) is 0 Å². The molecule has 0 saturated carbocycles. The summed E-state index contributed by atoms with van der Waals surface area (Å²) in [6, 6.07) is 16.9. The average Bonchev–Trinajstić information content (AvgIpc) is 2.39. The molecule has 0 spiro atoms. The standard InChI is InChI=1S/C17H18S/c1-4-13-5-7-14(8-6-13)17(2,3)15-9-11-16(18)12-10-15/h4-12,18H,1H2,2-3H3. The molecule has 0 nitrogen and oxygen atoms in total. The highest BCUT2D eigenvalue weighted by molar-refractivity contribution is 7.80. The van der Waals surface area contributed by atoms with Gasteiger partial charge in [0.15, 0.2) is 0 Å². The summed E-state index contributed by atoms with van der Waals surface area (Å²) in [5.74, 6) is 0. The van der Waals surface area contributed by atoms with Gasteiger partial charge < -0.3 is 0 Å². The first-order valence-corrected chi connectivity index (χ1v) is 6.51. The van der Waals surface area contributed by atoms with Crippen LogP contribution in [-0.2, 0) is 5.41 Å². The second-order valence-corrected chi connectivity index (χ2v) is 5.51. The maximum Gasteiger partial charge on any atom is 0.0146 e. The fraction of sp³-hybridized carbons (Fsp3) is 0.176. The van der Waals surface area contributed by atoms with E-state index in [1.165, 1.54) is 11.1 Å². The molecule has 2 aromatic rings. The van der Waals surface area contributed by atoms with Gasteiger partial charge in [0.2, 0.25) is 0 Å². The van der Waals surface area contributed by atoms with Gasteiger partial charge in [-0.25, -0.2) is 0 Å². The lowest BCUT2D eigenvalue weighted by Gasteiger charge is -2.26. The molecule has 2 rings (SSSR count). The third-order valence-electron chi connectivity index (χ3n) is 3.46. The zero-order chi connectivity index (χ0) is 13.2. The summed E-state index contributed by atoms with van der Waals surface area (Å²) in [6.07, 6.45) is 1.87. The highest BCUT2D eigenvalue weighted by Gasteiger charge is 2.22. The molecule has 2 aromatic carbocycles. The molecule has 0 radical (unpaired) electrons. The Kier molecular flexibility index (Phi) is 3.63. The summed E-state index contributed by atoms with van der Waals surface area (Å²) in [5.41, 5.74) is 3.76. The fourth-order valence-corrected chi connectivity index (χ4v) is 2.23. The van der Waals surface area contributed by atoms with E-state index in [4.69, 9.17) is 0 Å². The zero-order valence-corrected chi connectivity index (χ0v) is 11.7. The van der Waals surface area contributed by atoms with Gasteiger partial charge in [-0.05, 0) is 28.8 Å². The van der Waals surface area contributed by atoms with E-state index in [1.807, 2.05) is 18.2 Å². The van der Waals surface area contributed by atoms with E-state index in [-0.39, 0.29) is 5.41 Å². The van der Waals surface area contributed by atoms with Crippen LogP contribution in [0.2, 0.25) is 0 Å². The predicted molar refractivity (Wildman–Crippen MR) is 82.4 cm³/mol. The van der Waals surface area contributed by atoms with E-state index < -0.39 is 0 Å². The topological polar surface area (TPSA) is 0 Å². The molecule has 0 aromatic heterocycles. The van der Waals surface area contributed by atoms with Crippen molar-refractivity contribution < 1.29 is 0 Å². The zero-order valence-electron chi connectivity index (χ0n) is 10.9. The van der Waals surface area contributed by atoms with Crippen LogP contribution in [0.5, 0.6) is 0 Å². The number of hydrogen-bond donors (Lipinski definition) is 1. The Bertz CT molecular complexity index is 533. The molecule has 0 amide bonds. The van der Waals surface area contributed by atoms with Crippen molar-refractivity contribution >= 4 is 18.7 Å². The first-order valence-electron chi connectivity index (χ1n) is 6.06. The lowest BCUT2D eigenvalue weighted by molar-refractivity contribution is 0.640. The summed E-state index contributed by atoms with van der Waals surface area (Å²) in [6.45, 7) is 8.26. The first-order chi connectivity index (χ1) is 8.54. The minimum Gasteiger partial charge on any atom is -0.143 e. The monoisotopic (exact) mass is 254 g/mol. The van der Waals surface area contributed by atoms with Crippen molar-refractivity contribution in [2.45, 2.75) is 24.2 Å². The first kappa shape index (κ1) is 13.0. The van der Waals surface area contributed by atoms with Crippen LogP contribution < -0.4 is 0 Å². The number of benzene rings is 2. The van der Waals surface area contributed by atoms with E-state index in [9.17, 15) is 0 Å². The van der Waals surface area contributed by atoms with E-state index in [2.05, 4.69) is 69.5 Å². The summed E-state index contributed by atoms with van der Waals surface area (Å²) in [7, 11) is 0. The van der Waals surface area contributed by atoms with E-state index in [0.717, 1.165) is 10.5 Å². The van der Waals surface area contributed by atoms with Crippen LogP contribution >= 0.6 is 12.6 Å². The van der Waals surface area contributed by atoms with Crippen molar-refractivity contribution in [3.05, 3.63) is 71.8 Å². The lowest BCUT2D eigenvalue weighted by Crippen LogP contribution is -2.18. The van der Waals surface area contributed by atoms with Gasteiger partial charge in [-0.2, -0.15) is 0 Å². The molecule has 0 unspecified atom stereocenters. The van der Waals surface area contributed by atoms with Crippen LogP contribution in [0, 0.1) is 0 Å². The normalized spacial score (nSPS) is 11.3. The maximum absolute atomic E-state index is 4.33. The van der Waals surface area contributed by atoms with Crippen molar-refractivity contribution in [3.63, 3.8) is 0 Å². The van der Waals surface area contributed by atoms with Crippen LogP contribution in [-0.4, -0.2) is 0 Å². The SMILES string of the molecule is C=Cc1ccc(C(C)(C)c2ccc(S)cc2)cc1. The molecule has 0 heterocycles. The van der Waals surface area contributed by atoms with Gasteiger partial charge >= 0.3 is 0 Å². The average molecular weight is 254 g/mol. The maximum atomic E-state index is 4.33. The van der Waals surface area contributed by atoms with Crippen molar-refractivity contribution in [2.75, 3.05) is 0 Å². The smallest absolute Gasteiger partial charge is 0.0146 e. The molecule has 0 bridgehead atoms. The quantitative estimate of drug-likeness (QED) is 0.737. The van der Waals surface area contributed by atoms with E-state index in [0.29, 0.717) is 0 Å². The van der Waals surface area contributed by atoms with Crippen LogP contribution in [0.3, 0.4) is 0 Å². The summed E-state index contributed by atoms with van der Waals surface area (Å²) < 4.78 is 0. The van der Waals surface area contributed by atoms with E-state index >= 15 is 0 Å². The Balaban J connectivity index is 2.39. The fourth-order valence-electron chi connectivity index (χ4n) is 2.08. The molecule has 0 atom stereocenters. The Labute approximate surface area is 115 Å². The summed E-state index contributed by atoms with van der Waals surface area (Å²) >= 11 is 4.33. The molecule has 0 aliphatic rings. The highest BCUT2D eigenvalue weighted by atomic mass is 32.1. The summed E-state index contributed by atoms with van der Waals surface area (Å²) in [5, 5.41) is 0. The van der Waals surface area contributed by atoms with Gasteiger partial charge in [-0.1, -0.05) is 62.9 Å². The second kappa shape index (κ2) is 5.03. The third-order valence-corrected chi connectivity index (χ3v) is 3.76. The minimum atomic E-state index is 0.00117. The predicted octanol–water partition coefficient (Wildman–Crippen LogP) is 4.94. The summed E-state index contributed by atoms with van der Waals surface area (Å²) in [4.78, 5) is 0.997. The lowest BCUT2D eigenvalue weighted by atomic mass is 9.78. The Morgan fingerprint density at radius 2 is 1.33 bits per heavy atom. The van der Waals surface area contributed by atoms with Gasteiger partial charge in [0, 0.05) is 10.3 Å². The number of rotatable bonds is 3. The Morgan fingerprint density at radius 1 is 0.889 bits per heavy atom. The minimum absolute atomic E-state index is 0.00117. The Hall–Kier alpha value is -1.47. The molecule has 92 valence electrons. The van der Waals surface area contributed by atoms with Gasteiger partial charge in [0.1, 0.15) is 0 Å². The van der Waals surface area contributed by atoms with Gasteiger partial charge in [-0.3, -0.25) is 0 Å². The Morgan fingerprint density at radius 3 is 1.78 bits per heavy atom. The molecule has 0 aliphatic heterocycles. The molecule has 0 saturated heterocycles. The van der Waals surface area contributed by atoms with Crippen LogP contribution in [0.25, 0.3) is 6.08 Å². The van der Waals surface area contributed by atoms with Crippen LogP contribution in [0.15, 0.2) is 60.0 Å². The largest absolute Gasteiger partial charge is 0.143 e. The second-order valence-electron chi connectivity index (χ2n) is 5.00. The molecule has 1 heteroatoms. The van der Waals surface area contributed by atoms with Gasteiger partial charge in [0.05, 0.1) is 0 Å². The van der Waals surface area contributed by atoms with E-state index in [1.54, 1.807) is 0 Å². The number of hydrogen-bond acceptors (Lipinski definition) is 1. The number of thiol groups is 1. The van der Waals surface area contributed by atoms with Crippen LogP contribution in [0.1, 0.15) is 30.5 Å². The molecule has 0 aliphatic carbocycles. The van der Waals surface area contributed by atoms with Crippen molar-refractivity contribution in [1.82, 2.24) is 0 Å². The third kappa shape index (κ3) is 2.51. The molecule has 18 heavy (non-hydrogen) atoms. The highest BCUT2D eigenvalue weighted by Crippen LogP contribution is 2.32. The molecular weight excluding hydrogens is 236 g/mol. The molecule has 0 N–H and O–H groups in total. The van der Waals surface area contributed by atoms with Crippen LogP contribution in [0.4, 0.5) is 0 Å². The molecular formula is C17H18S. The van der Waals surface area contributed by atoms with Crippen molar-refractivity contribution in [1.29, 1.82) is 0 Å².